The minimum absolute atomic E-state index is 0.0541. The lowest BCUT2D eigenvalue weighted by atomic mass is 10.1. The number of aryl methyl sites for hydroxylation is 1. The number of carbonyl (C=O) groups is 1. The first-order chi connectivity index (χ1) is 8.74. The SMILES string of the molecule is Cc1cc(N)c(C)c(S(=O)(=O)NCCNC(N)=O)c1. The van der Waals surface area contributed by atoms with Gasteiger partial charge in [0.2, 0.25) is 10.0 Å². The number of benzene rings is 1. The summed E-state index contributed by atoms with van der Waals surface area (Å²) in [5.74, 6) is 0. The third-order valence-electron chi connectivity index (χ3n) is 2.55. The van der Waals surface area contributed by atoms with Crippen molar-refractivity contribution in [1.82, 2.24) is 10.0 Å². The van der Waals surface area contributed by atoms with E-state index in [9.17, 15) is 13.2 Å². The first kappa shape index (κ1) is 15.3. The quantitative estimate of drug-likeness (QED) is 0.442. The van der Waals surface area contributed by atoms with E-state index in [0.717, 1.165) is 5.56 Å². The topological polar surface area (TPSA) is 127 Å². The number of carbonyl (C=O) groups excluding carboxylic acids is 1. The van der Waals surface area contributed by atoms with Gasteiger partial charge in [-0.2, -0.15) is 0 Å². The highest BCUT2D eigenvalue weighted by atomic mass is 32.2. The zero-order valence-corrected chi connectivity index (χ0v) is 11.7. The summed E-state index contributed by atoms with van der Waals surface area (Å²) < 4.78 is 26.6. The van der Waals surface area contributed by atoms with Crippen LogP contribution in [0.2, 0.25) is 0 Å². The van der Waals surface area contributed by atoms with Crippen molar-refractivity contribution >= 4 is 21.7 Å². The zero-order chi connectivity index (χ0) is 14.6. The standard InChI is InChI=1S/C11H18N4O3S/c1-7-5-9(12)8(2)10(6-7)19(17,18)15-4-3-14-11(13)16/h5-6,15H,3-4,12H2,1-2H3,(H3,13,14,16). The first-order valence-electron chi connectivity index (χ1n) is 5.63. The molecule has 0 radical (unpaired) electrons. The van der Waals surface area contributed by atoms with Gasteiger partial charge < -0.3 is 16.8 Å². The lowest BCUT2D eigenvalue weighted by Gasteiger charge is -2.12. The van der Waals surface area contributed by atoms with Gasteiger partial charge in [0.05, 0.1) is 4.90 Å². The van der Waals surface area contributed by atoms with Crippen LogP contribution in [0.15, 0.2) is 17.0 Å². The molecule has 0 aliphatic rings. The van der Waals surface area contributed by atoms with Crippen LogP contribution in [0.4, 0.5) is 10.5 Å². The van der Waals surface area contributed by atoms with Crippen LogP contribution in [0.5, 0.6) is 0 Å². The summed E-state index contributed by atoms with van der Waals surface area (Å²) in [6.07, 6.45) is 0. The number of hydrogen-bond acceptors (Lipinski definition) is 4. The molecule has 1 rings (SSSR count). The molecule has 0 atom stereocenters. The van der Waals surface area contributed by atoms with E-state index in [4.69, 9.17) is 11.5 Å². The summed E-state index contributed by atoms with van der Waals surface area (Å²) in [6, 6.07) is 2.56. The second-order valence-electron chi connectivity index (χ2n) is 4.17. The molecule has 1 aromatic rings. The van der Waals surface area contributed by atoms with Crippen molar-refractivity contribution in [3.63, 3.8) is 0 Å². The van der Waals surface area contributed by atoms with Crippen LogP contribution in [-0.4, -0.2) is 27.5 Å². The number of anilines is 1. The third-order valence-corrected chi connectivity index (χ3v) is 4.14. The lowest BCUT2D eigenvalue weighted by molar-refractivity contribution is 0.249. The Bertz CT molecular complexity index is 584. The Kier molecular flexibility index (Phi) is 4.73. The van der Waals surface area contributed by atoms with Crippen molar-refractivity contribution in [2.45, 2.75) is 18.7 Å². The molecule has 0 saturated carbocycles. The molecule has 0 aromatic heterocycles. The van der Waals surface area contributed by atoms with E-state index < -0.39 is 16.1 Å². The van der Waals surface area contributed by atoms with Gasteiger partial charge in [0.15, 0.2) is 0 Å². The van der Waals surface area contributed by atoms with E-state index >= 15 is 0 Å². The lowest BCUT2D eigenvalue weighted by Crippen LogP contribution is -2.37. The summed E-state index contributed by atoms with van der Waals surface area (Å²) in [6.45, 7) is 3.59. The molecule has 0 heterocycles. The average molecular weight is 286 g/mol. The summed E-state index contributed by atoms with van der Waals surface area (Å²) in [7, 11) is -3.66. The van der Waals surface area contributed by atoms with Gasteiger partial charge >= 0.3 is 6.03 Å². The first-order valence-corrected chi connectivity index (χ1v) is 7.12. The maximum absolute atomic E-state index is 12.1. The molecule has 8 heteroatoms. The van der Waals surface area contributed by atoms with E-state index in [0.29, 0.717) is 11.3 Å². The highest BCUT2D eigenvalue weighted by Gasteiger charge is 2.18. The summed E-state index contributed by atoms with van der Waals surface area (Å²) >= 11 is 0. The van der Waals surface area contributed by atoms with Crippen LogP contribution < -0.4 is 21.5 Å². The van der Waals surface area contributed by atoms with Crippen LogP contribution in [0, 0.1) is 13.8 Å². The Balaban J connectivity index is 2.86. The largest absolute Gasteiger partial charge is 0.398 e. The van der Waals surface area contributed by atoms with Gasteiger partial charge in [-0.15, -0.1) is 0 Å². The summed E-state index contributed by atoms with van der Waals surface area (Å²) in [4.78, 5) is 10.6. The molecule has 0 saturated heterocycles. The number of rotatable bonds is 5. The Morgan fingerprint density at radius 1 is 1.26 bits per heavy atom. The van der Waals surface area contributed by atoms with E-state index in [2.05, 4.69) is 10.0 Å². The summed E-state index contributed by atoms with van der Waals surface area (Å²) in [5.41, 5.74) is 12.3. The van der Waals surface area contributed by atoms with Crippen LogP contribution in [0.3, 0.4) is 0 Å². The molecule has 19 heavy (non-hydrogen) atoms. The Hall–Kier alpha value is -1.80. The number of hydrogen-bond donors (Lipinski definition) is 4. The van der Waals surface area contributed by atoms with E-state index in [-0.39, 0.29) is 18.0 Å². The van der Waals surface area contributed by atoms with Crippen LogP contribution in [-0.2, 0) is 10.0 Å². The predicted molar refractivity (Wildman–Crippen MR) is 73.1 cm³/mol. The molecule has 6 N–H and O–H groups in total. The molecule has 0 bridgehead atoms. The maximum Gasteiger partial charge on any atom is 0.312 e. The molecule has 0 aliphatic carbocycles. The van der Waals surface area contributed by atoms with E-state index in [1.54, 1.807) is 26.0 Å². The minimum atomic E-state index is -3.66. The van der Waals surface area contributed by atoms with Crippen molar-refractivity contribution in [3.8, 4) is 0 Å². The predicted octanol–water partition coefficient (Wildman–Crippen LogP) is -0.168. The van der Waals surface area contributed by atoms with Crippen molar-refractivity contribution in [1.29, 1.82) is 0 Å². The second kappa shape index (κ2) is 5.89. The van der Waals surface area contributed by atoms with Crippen LogP contribution in [0.25, 0.3) is 0 Å². The molecule has 1 aromatic carbocycles. The van der Waals surface area contributed by atoms with Crippen LogP contribution >= 0.6 is 0 Å². The number of sulfonamides is 1. The van der Waals surface area contributed by atoms with Crippen molar-refractivity contribution in [2.24, 2.45) is 5.73 Å². The van der Waals surface area contributed by atoms with Gasteiger partial charge in [-0.25, -0.2) is 17.9 Å². The van der Waals surface area contributed by atoms with E-state index in [1.165, 1.54) is 0 Å². The number of amides is 2. The molecule has 7 nitrogen and oxygen atoms in total. The fraction of sp³-hybridized carbons (Fsp3) is 0.364. The fourth-order valence-electron chi connectivity index (χ4n) is 1.58. The maximum atomic E-state index is 12.1. The Morgan fingerprint density at radius 2 is 1.89 bits per heavy atom. The van der Waals surface area contributed by atoms with Gasteiger partial charge in [0, 0.05) is 18.8 Å². The van der Waals surface area contributed by atoms with Gasteiger partial charge in [0.1, 0.15) is 0 Å². The van der Waals surface area contributed by atoms with Crippen molar-refractivity contribution in [2.75, 3.05) is 18.8 Å². The molecule has 2 amide bonds. The molecule has 0 unspecified atom stereocenters. The van der Waals surface area contributed by atoms with Gasteiger partial charge in [-0.3, -0.25) is 0 Å². The number of urea groups is 1. The normalized spacial score (nSPS) is 11.3. The highest BCUT2D eigenvalue weighted by molar-refractivity contribution is 7.89. The molecule has 106 valence electrons. The number of nitrogens with two attached hydrogens (primary N) is 2. The number of primary amides is 1. The van der Waals surface area contributed by atoms with E-state index in [1.807, 2.05) is 0 Å². The van der Waals surface area contributed by atoms with Crippen molar-refractivity contribution < 1.29 is 13.2 Å². The monoisotopic (exact) mass is 286 g/mol. The Morgan fingerprint density at radius 3 is 2.47 bits per heavy atom. The third kappa shape index (κ3) is 4.11. The minimum Gasteiger partial charge on any atom is -0.398 e. The molecule has 0 fully saturated rings. The molecule has 0 spiro atoms. The molecular formula is C11H18N4O3S. The van der Waals surface area contributed by atoms with Crippen LogP contribution in [0.1, 0.15) is 11.1 Å². The summed E-state index contributed by atoms with van der Waals surface area (Å²) in [5, 5.41) is 2.29. The van der Waals surface area contributed by atoms with Gasteiger partial charge in [-0.1, -0.05) is 0 Å². The number of nitrogen functional groups attached to an aromatic ring is 1. The fourth-order valence-corrected chi connectivity index (χ4v) is 2.97. The Labute approximate surface area is 112 Å². The average Bonchev–Trinajstić information content (AvgIpc) is 2.29. The molecule has 0 aliphatic heterocycles. The van der Waals surface area contributed by atoms with Crippen molar-refractivity contribution in [3.05, 3.63) is 23.3 Å². The van der Waals surface area contributed by atoms with Gasteiger partial charge in [-0.05, 0) is 37.1 Å². The highest BCUT2D eigenvalue weighted by Crippen LogP contribution is 2.22. The zero-order valence-electron chi connectivity index (χ0n) is 10.9. The smallest absolute Gasteiger partial charge is 0.312 e. The van der Waals surface area contributed by atoms with Gasteiger partial charge in [0.25, 0.3) is 0 Å². The molecular weight excluding hydrogens is 268 g/mol. The second-order valence-corrected chi connectivity index (χ2v) is 5.90. The number of nitrogens with one attached hydrogen (secondary N) is 2.